The van der Waals surface area contributed by atoms with Crippen LogP contribution in [-0.2, 0) is 14.3 Å². The Kier molecular flexibility index (Phi) is 5.90. The Labute approximate surface area is 124 Å². The van der Waals surface area contributed by atoms with E-state index < -0.39 is 17.8 Å². The van der Waals surface area contributed by atoms with Gasteiger partial charge < -0.3 is 15.0 Å². The minimum Gasteiger partial charge on any atom is -0.467 e. The average Bonchev–Trinajstić information content (AvgIpc) is 2.50. The van der Waals surface area contributed by atoms with Crippen LogP contribution in [0.3, 0.4) is 0 Å². The molecule has 0 bridgehead atoms. The van der Waals surface area contributed by atoms with Crippen molar-refractivity contribution in [2.45, 2.75) is 19.4 Å². The molecule has 1 aromatic rings. The summed E-state index contributed by atoms with van der Waals surface area (Å²) in [5.74, 6) is -1.66. The van der Waals surface area contributed by atoms with Gasteiger partial charge in [-0.05, 0) is 24.3 Å². The predicted octanol–water partition coefficient (Wildman–Crippen LogP) is 1.00. The number of rotatable bonds is 6. The molecule has 0 heterocycles. The summed E-state index contributed by atoms with van der Waals surface area (Å²) in [6.45, 7) is 1.64. The molecule has 0 aromatic heterocycles. The number of anilines is 1. The maximum atomic E-state index is 12.3. The summed E-state index contributed by atoms with van der Waals surface area (Å²) < 4.78 is 4.58. The van der Waals surface area contributed by atoms with Gasteiger partial charge in [0.05, 0.1) is 7.11 Å². The molecule has 1 N–H and O–H groups in total. The number of Topliss-reactive ketones (excluding diaryl/α,β-unsaturated/α-hetero) is 1. The second kappa shape index (κ2) is 7.42. The summed E-state index contributed by atoms with van der Waals surface area (Å²) in [6, 6.07) is 5.46. The SMILES string of the molecule is CCC(=O)NC(C(=O)OC)C(=O)c1ccc(N(C)C)cc1. The van der Waals surface area contributed by atoms with Gasteiger partial charge in [-0.15, -0.1) is 0 Å². The van der Waals surface area contributed by atoms with E-state index in [-0.39, 0.29) is 12.3 Å². The second-order valence-electron chi connectivity index (χ2n) is 4.68. The molecule has 0 spiro atoms. The number of nitrogens with one attached hydrogen (secondary N) is 1. The van der Waals surface area contributed by atoms with E-state index in [1.54, 1.807) is 31.2 Å². The van der Waals surface area contributed by atoms with E-state index in [0.717, 1.165) is 5.69 Å². The lowest BCUT2D eigenvalue weighted by atomic mass is 10.0. The third-order valence-corrected chi connectivity index (χ3v) is 2.99. The van der Waals surface area contributed by atoms with Crippen LogP contribution in [0.1, 0.15) is 23.7 Å². The van der Waals surface area contributed by atoms with E-state index in [2.05, 4.69) is 10.1 Å². The molecule has 0 aliphatic rings. The summed E-state index contributed by atoms with van der Waals surface area (Å²) in [7, 11) is 4.95. The predicted molar refractivity (Wildman–Crippen MR) is 79.3 cm³/mol. The smallest absolute Gasteiger partial charge is 0.336 e. The van der Waals surface area contributed by atoms with E-state index in [0.29, 0.717) is 5.56 Å². The molecule has 0 fully saturated rings. The van der Waals surface area contributed by atoms with Crippen molar-refractivity contribution in [3.8, 4) is 0 Å². The van der Waals surface area contributed by atoms with Crippen molar-refractivity contribution in [1.29, 1.82) is 0 Å². The molecule has 0 saturated heterocycles. The topological polar surface area (TPSA) is 75.7 Å². The molecule has 0 radical (unpaired) electrons. The molecule has 6 heteroatoms. The normalized spacial score (nSPS) is 11.4. The number of carbonyl (C=O) groups excluding carboxylic acids is 3. The summed E-state index contributed by atoms with van der Waals surface area (Å²) in [6.07, 6.45) is 0.181. The Morgan fingerprint density at radius 2 is 1.76 bits per heavy atom. The van der Waals surface area contributed by atoms with Gasteiger partial charge in [0.2, 0.25) is 5.91 Å². The minimum absolute atomic E-state index is 0.181. The third kappa shape index (κ3) is 4.30. The van der Waals surface area contributed by atoms with Gasteiger partial charge in [-0.25, -0.2) is 4.79 Å². The molecule has 1 amide bonds. The van der Waals surface area contributed by atoms with Crippen LogP contribution in [0.4, 0.5) is 5.69 Å². The maximum absolute atomic E-state index is 12.3. The number of esters is 1. The lowest BCUT2D eigenvalue weighted by molar-refractivity contribution is -0.143. The van der Waals surface area contributed by atoms with Crippen LogP contribution in [0.2, 0.25) is 0 Å². The van der Waals surface area contributed by atoms with E-state index in [4.69, 9.17) is 0 Å². The summed E-state index contributed by atoms with van der Waals surface area (Å²) >= 11 is 0. The number of carbonyl (C=O) groups is 3. The molecular weight excluding hydrogens is 272 g/mol. The Balaban J connectivity index is 2.99. The van der Waals surface area contributed by atoms with Gasteiger partial charge in [0, 0.05) is 31.8 Å². The fourth-order valence-electron chi connectivity index (χ4n) is 1.70. The monoisotopic (exact) mass is 292 g/mol. The van der Waals surface area contributed by atoms with Gasteiger partial charge in [0.1, 0.15) is 0 Å². The van der Waals surface area contributed by atoms with Crippen molar-refractivity contribution in [2.75, 3.05) is 26.1 Å². The highest BCUT2D eigenvalue weighted by Gasteiger charge is 2.29. The zero-order chi connectivity index (χ0) is 16.0. The highest BCUT2D eigenvalue weighted by atomic mass is 16.5. The second-order valence-corrected chi connectivity index (χ2v) is 4.68. The zero-order valence-electron chi connectivity index (χ0n) is 12.7. The van der Waals surface area contributed by atoms with Crippen molar-refractivity contribution in [3.05, 3.63) is 29.8 Å². The first kappa shape index (κ1) is 16.7. The van der Waals surface area contributed by atoms with Crippen LogP contribution in [0.25, 0.3) is 0 Å². The number of amides is 1. The van der Waals surface area contributed by atoms with E-state index in [1.165, 1.54) is 7.11 Å². The Hall–Kier alpha value is -2.37. The van der Waals surface area contributed by atoms with Gasteiger partial charge >= 0.3 is 5.97 Å². The van der Waals surface area contributed by atoms with Crippen molar-refractivity contribution in [3.63, 3.8) is 0 Å². The largest absolute Gasteiger partial charge is 0.467 e. The molecule has 6 nitrogen and oxygen atoms in total. The quantitative estimate of drug-likeness (QED) is 0.481. The fraction of sp³-hybridized carbons (Fsp3) is 0.400. The molecule has 0 aliphatic carbocycles. The number of nitrogens with zero attached hydrogens (tertiary/aromatic N) is 1. The number of hydrogen-bond acceptors (Lipinski definition) is 5. The Bertz CT molecular complexity index is 523. The highest BCUT2D eigenvalue weighted by Crippen LogP contribution is 2.14. The molecule has 1 atom stereocenters. The van der Waals surface area contributed by atoms with Crippen molar-refractivity contribution >= 4 is 23.3 Å². The van der Waals surface area contributed by atoms with Gasteiger partial charge in [-0.1, -0.05) is 6.92 Å². The summed E-state index contributed by atoms with van der Waals surface area (Å²) in [4.78, 5) is 37.4. The lowest BCUT2D eigenvalue weighted by Gasteiger charge is -2.16. The van der Waals surface area contributed by atoms with Crippen LogP contribution < -0.4 is 10.2 Å². The highest BCUT2D eigenvalue weighted by molar-refractivity contribution is 6.13. The first-order chi connectivity index (χ1) is 9.90. The molecule has 21 heavy (non-hydrogen) atoms. The van der Waals surface area contributed by atoms with Crippen LogP contribution in [-0.4, -0.2) is 44.9 Å². The van der Waals surface area contributed by atoms with Gasteiger partial charge in [-0.2, -0.15) is 0 Å². The van der Waals surface area contributed by atoms with E-state index in [9.17, 15) is 14.4 Å². The lowest BCUT2D eigenvalue weighted by Crippen LogP contribution is -2.46. The average molecular weight is 292 g/mol. The molecule has 114 valence electrons. The molecule has 0 aliphatic heterocycles. The van der Waals surface area contributed by atoms with Crippen LogP contribution >= 0.6 is 0 Å². The molecule has 1 rings (SSSR count). The van der Waals surface area contributed by atoms with Crippen LogP contribution in [0, 0.1) is 0 Å². The van der Waals surface area contributed by atoms with E-state index in [1.807, 2.05) is 19.0 Å². The van der Waals surface area contributed by atoms with Gasteiger partial charge in [0.15, 0.2) is 11.8 Å². The number of methoxy groups -OCH3 is 1. The van der Waals surface area contributed by atoms with Crippen molar-refractivity contribution in [2.24, 2.45) is 0 Å². The first-order valence-corrected chi connectivity index (χ1v) is 6.59. The molecular formula is C15H20N2O4. The first-order valence-electron chi connectivity index (χ1n) is 6.59. The van der Waals surface area contributed by atoms with Crippen molar-refractivity contribution in [1.82, 2.24) is 5.32 Å². The Morgan fingerprint density at radius 1 is 1.19 bits per heavy atom. The minimum atomic E-state index is -1.31. The van der Waals surface area contributed by atoms with Crippen molar-refractivity contribution < 1.29 is 19.1 Å². The number of ketones is 1. The van der Waals surface area contributed by atoms with Gasteiger partial charge in [0.25, 0.3) is 0 Å². The fourth-order valence-corrected chi connectivity index (χ4v) is 1.70. The third-order valence-electron chi connectivity index (χ3n) is 2.99. The summed E-state index contributed by atoms with van der Waals surface area (Å²) in [5, 5.41) is 2.38. The zero-order valence-corrected chi connectivity index (χ0v) is 12.7. The summed E-state index contributed by atoms with van der Waals surface area (Å²) in [5.41, 5.74) is 1.27. The maximum Gasteiger partial charge on any atom is 0.336 e. The number of benzene rings is 1. The molecule has 1 unspecified atom stereocenters. The van der Waals surface area contributed by atoms with Gasteiger partial charge in [-0.3, -0.25) is 9.59 Å². The number of ether oxygens (including phenoxy) is 1. The Morgan fingerprint density at radius 3 is 2.19 bits per heavy atom. The number of hydrogen-bond donors (Lipinski definition) is 1. The van der Waals surface area contributed by atoms with Crippen LogP contribution in [0.5, 0.6) is 0 Å². The standard InChI is InChI=1S/C15H20N2O4/c1-5-12(18)16-13(15(20)21-4)14(19)10-6-8-11(9-7-10)17(2)3/h6-9,13H,5H2,1-4H3,(H,16,18). The molecule has 1 aromatic carbocycles. The van der Waals surface area contributed by atoms with Crippen LogP contribution in [0.15, 0.2) is 24.3 Å². The van der Waals surface area contributed by atoms with E-state index >= 15 is 0 Å². The molecule has 0 saturated carbocycles.